The Kier molecular flexibility index (Phi) is 6.52. The van der Waals surface area contributed by atoms with Crippen LogP contribution in [0.25, 0.3) is 0 Å². The minimum Gasteiger partial charge on any atom is -0.310 e. The van der Waals surface area contributed by atoms with Gasteiger partial charge in [-0.2, -0.15) is 5.10 Å². The van der Waals surface area contributed by atoms with Crippen LogP contribution >= 0.6 is 11.6 Å². The van der Waals surface area contributed by atoms with Gasteiger partial charge in [0.25, 0.3) is 0 Å². The van der Waals surface area contributed by atoms with Gasteiger partial charge in [0.1, 0.15) is 5.82 Å². The number of nitrogens with one attached hydrogen (secondary N) is 1. The molecule has 0 saturated carbocycles. The van der Waals surface area contributed by atoms with Crippen LogP contribution in [-0.2, 0) is 11.3 Å². The molecule has 1 amide bonds. The summed E-state index contributed by atoms with van der Waals surface area (Å²) in [6.07, 6.45) is 1.72. The largest absolute Gasteiger partial charge is 0.310 e. The monoisotopic (exact) mass is 389 g/mol. The van der Waals surface area contributed by atoms with E-state index in [-0.39, 0.29) is 18.0 Å². The minimum atomic E-state index is -0.172. The second-order valence-electron chi connectivity index (χ2n) is 7.36. The zero-order valence-electron chi connectivity index (χ0n) is 16.2. The highest BCUT2D eigenvalue weighted by Gasteiger charge is 2.26. The summed E-state index contributed by atoms with van der Waals surface area (Å²) in [4.78, 5) is 17.3. The Morgan fingerprint density at radius 1 is 1.19 bits per heavy atom. The Hall–Kier alpha value is -1.89. The van der Waals surface area contributed by atoms with Gasteiger partial charge in [0, 0.05) is 49.9 Å². The van der Waals surface area contributed by atoms with Gasteiger partial charge < -0.3 is 5.32 Å². The lowest BCUT2D eigenvalue weighted by molar-refractivity contribution is -0.121. The lowest BCUT2D eigenvalue weighted by Gasteiger charge is -2.37. The minimum absolute atomic E-state index is 0.0145. The molecule has 1 aliphatic heterocycles. The predicted molar refractivity (Wildman–Crippen MR) is 109 cm³/mol. The van der Waals surface area contributed by atoms with Crippen LogP contribution < -0.4 is 5.32 Å². The molecule has 0 radical (unpaired) electrons. The molecular weight excluding hydrogens is 362 g/mol. The molecule has 3 rings (SSSR count). The first-order valence-electron chi connectivity index (χ1n) is 9.49. The van der Waals surface area contributed by atoms with Crippen molar-refractivity contribution in [2.45, 2.75) is 39.4 Å². The summed E-state index contributed by atoms with van der Waals surface area (Å²) < 4.78 is 1.83. The maximum Gasteiger partial charge on any atom is 0.242 e. The Morgan fingerprint density at radius 2 is 1.93 bits per heavy atom. The van der Waals surface area contributed by atoms with E-state index >= 15 is 0 Å². The van der Waals surface area contributed by atoms with Crippen LogP contribution in [0.1, 0.15) is 32.4 Å². The highest BCUT2D eigenvalue weighted by Crippen LogP contribution is 2.17. The second kappa shape index (κ2) is 8.87. The fourth-order valence-electron chi connectivity index (χ4n) is 3.42. The lowest BCUT2D eigenvalue weighted by atomic mass is 10.1. The van der Waals surface area contributed by atoms with Crippen molar-refractivity contribution in [1.29, 1.82) is 0 Å². The molecule has 1 saturated heterocycles. The topological polar surface area (TPSA) is 53.4 Å². The third kappa shape index (κ3) is 5.09. The third-order valence-corrected chi connectivity index (χ3v) is 5.28. The molecule has 1 N–H and O–H groups in total. The molecule has 7 heteroatoms. The zero-order chi connectivity index (χ0) is 19.4. The second-order valence-corrected chi connectivity index (χ2v) is 7.80. The SMILES string of the molecule is CC(C)n1nccc1NC(=O)[C@@H](C)N1CCN(Cc2cccc(Cl)c2)CC1. The van der Waals surface area contributed by atoms with Crippen molar-refractivity contribution < 1.29 is 4.79 Å². The van der Waals surface area contributed by atoms with Crippen LogP contribution in [0.15, 0.2) is 36.5 Å². The summed E-state index contributed by atoms with van der Waals surface area (Å²) >= 11 is 6.07. The summed E-state index contributed by atoms with van der Waals surface area (Å²) in [5.74, 6) is 0.766. The average molecular weight is 390 g/mol. The van der Waals surface area contributed by atoms with Gasteiger partial charge in [-0.15, -0.1) is 0 Å². The molecule has 0 bridgehead atoms. The van der Waals surface area contributed by atoms with E-state index < -0.39 is 0 Å². The molecule has 1 atom stereocenters. The van der Waals surface area contributed by atoms with E-state index in [1.807, 2.05) is 49.7 Å². The van der Waals surface area contributed by atoms with Gasteiger partial charge in [0.2, 0.25) is 5.91 Å². The van der Waals surface area contributed by atoms with Crippen LogP contribution in [0, 0.1) is 0 Å². The summed E-state index contributed by atoms with van der Waals surface area (Å²) in [7, 11) is 0. The van der Waals surface area contributed by atoms with E-state index in [0.29, 0.717) is 0 Å². The smallest absolute Gasteiger partial charge is 0.242 e. The standard InChI is InChI=1S/C20H28ClN5O/c1-15(2)26-19(7-8-22-26)23-20(27)16(3)25-11-9-24(10-12-25)14-17-5-4-6-18(21)13-17/h4-8,13,15-16H,9-12,14H2,1-3H3,(H,23,27)/t16-/m1/s1. The van der Waals surface area contributed by atoms with Crippen LogP contribution in [-0.4, -0.2) is 57.7 Å². The summed E-state index contributed by atoms with van der Waals surface area (Å²) in [6.45, 7) is 10.6. The van der Waals surface area contributed by atoms with E-state index in [0.717, 1.165) is 43.6 Å². The Morgan fingerprint density at radius 3 is 2.59 bits per heavy atom. The molecular formula is C20H28ClN5O. The Labute approximate surface area is 166 Å². The van der Waals surface area contributed by atoms with Crippen LogP contribution in [0.3, 0.4) is 0 Å². The molecule has 0 unspecified atom stereocenters. The van der Waals surface area contributed by atoms with E-state index in [4.69, 9.17) is 11.6 Å². The predicted octanol–water partition coefficient (Wildman–Crippen LogP) is 3.26. The highest BCUT2D eigenvalue weighted by molar-refractivity contribution is 6.30. The maximum absolute atomic E-state index is 12.7. The number of rotatable bonds is 6. The van der Waals surface area contributed by atoms with Crippen LogP contribution in [0.4, 0.5) is 5.82 Å². The van der Waals surface area contributed by atoms with Gasteiger partial charge in [-0.25, -0.2) is 4.68 Å². The molecule has 146 valence electrons. The number of benzene rings is 1. The highest BCUT2D eigenvalue weighted by atomic mass is 35.5. The van der Waals surface area contributed by atoms with Crippen molar-refractivity contribution in [2.24, 2.45) is 0 Å². The van der Waals surface area contributed by atoms with Gasteiger partial charge in [0.05, 0.1) is 12.2 Å². The van der Waals surface area contributed by atoms with Gasteiger partial charge >= 0.3 is 0 Å². The number of carbonyl (C=O) groups excluding carboxylic acids is 1. The molecule has 0 spiro atoms. The molecule has 6 nitrogen and oxygen atoms in total. The van der Waals surface area contributed by atoms with Crippen molar-refractivity contribution in [1.82, 2.24) is 19.6 Å². The van der Waals surface area contributed by atoms with Gasteiger partial charge in [-0.1, -0.05) is 23.7 Å². The molecule has 1 aliphatic rings. The first-order valence-corrected chi connectivity index (χ1v) is 9.87. The summed E-state index contributed by atoms with van der Waals surface area (Å²) in [5, 5.41) is 8.06. The normalized spacial score (nSPS) is 17.2. The van der Waals surface area contributed by atoms with E-state index in [9.17, 15) is 4.79 Å². The fourth-order valence-corrected chi connectivity index (χ4v) is 3.64. The molecule has 2 heterocycles. The van der Waals surface area contributed by atoms with Gasteiger partial charge in [-0.3, -0.25) is 14.6 Å². The molecule has 27 heavy (non-hydrogen) atoms. The number of hydrogen-bond acceptors (Lipinski definition) is 4. The van der Waals surface area contributed by atoms with Gasteiger partial charge in [0.15, 0.2) is 0 Å². The number of halogens is 1. The van der Waals surface area contributed by atoms with Gasteiger partial charge in [-0.05, 0) is 38.5 Å². The molecule has 1 aromatic carbocycles. The van der Waals surface area contributed by atoms with Crippen molar-refractivity contribution in [3.05, 3.63) is 47.1 Å². The third-order valence-electron chi connectivity index (χ3n) is 5.04. The molecule has 1 fully saturated rings. The number of nitrogens with zero attached hydrogens (tertiary/aromatic N) is 4. The van der Waals surface area contributed by atoms with Crippen molar-refractivity contribution in [2.75, 3.05) is 31.5 Å². The number of anilines is 1. The van der Waals surface area contributed by atoms with Crippen molar-refractivity contribution >= 4 is 23.3 Å². The fraction of sp³-hybridized carbons (Fsp3) is 0.500. The molecule has 2 aromatic rings. The molecule has 1 aromatic heterocycles. The first-order chi connectivity index (χ1) is 12.9. The molecule has 0 aliphatic carbocycles. The number of carbonyl (C=O) groups is 1. The number of hydrogen-bond donors (Lipinski definition) is 1. The van der Waals surface area contributed by atoms with Crippen LogP contribution in [0.5, 0.6) is 0 Å². The number of amides is 1. The van der Waals surface area contributed by atoms with E-state index in [2.05, 4.69) is 26.3 Å². The first kappa shape index (κ1) is 19.9. The number of piperazine rings is 1. The quantitative estimate of drug-likeness (QED) is 0.823. The Bertz CT molecular complexity index is 767. The van der Waals surface area contributed by atoms with Crippen molar-refractivity contribution in [3.63, 3.8) is 0 Å². The lowest BCUT2D eigenvalue weighted by Crippen LogP contribution is -2.52. The van der Waals surface area contributed by atoms with E-state index in [1.54, 1.807) is 6.20 Å². The van der Waals surface area contributed by atoms with Crippen molar-refractivity contribution in [3.8, 4) is 0 Å². The Balaban J connectivity index is 1.51. The van der Waals surface area contributed by atoms with Crippen LogP contribution in [0.2, 0.25) is 5.02 Å². The van der Waals surface area contributed by atoms with E-state index in [1.165, 1.54) is 5.56 Å². The summed E-state index contributed by atoms with van der Waals surface area (Å²) in [5.41, 5.74) is 1.23. The summed E-state index contributed by atoms with van der Waals surface area (Å²) in [6, 6.07) is 9.88. The zero-order valence-corrected chi connectivity index (χ0v) is 17.0. The number of aromatic nitrogens is 2. The maximum atomic E-state index is 12.7. The average Bonchev–Trinajstić information content (AvgIpc) is 3.10.